The number of nitrogens with one attached hydrogen (secondary N) is 2. The Morgan fingerprint density at radius 1 is 1.00 bits per heavy atom. The number of carbonyl (C=O) groups is 3. The van der Waals surface area contributed by atoms with Gasteiger partial charge < -0.3 is 20.5 Å². The Bertz CT molecular complexity index is 1190. The molecule has 0 saturated heterocycles. The predicted octanol–water partition coefficient (Wildman–Crippen LogP) is 4.55. The number of hydrogen-bond acceptors (Lipinski definition) is 5. The Hall–Kier alpha value is -3.72. The lowest BCUT2D eigenvalue weighted by Gasteiger charge is -2.19. The van der Waals surface area contributed by atoms with Crippen LogP contribution in [0.25, 0.3) is 11.1 Å². The fraction of sp³-hybridized carbons (Fsp3) is 0.200. The fourth-order valence-electron chi connectivity index (χ4n) is 4.02. The van der Waals surface area contributed by atoms with E-state index in [1.54, 1.807) is 18.3 Å². The summed E-state index contributed by atoms with van der Waals surface area (Å²) < 4.78 is 5.92. The topological polar surface area (TPSA) is 118 Å². The van der Waals surface area contributed by atoms with Gasteiger partial charge in [0.2, 0.25) is 5.91 Å². The zero-order valence-corrected chi connectivity index (χ0v) is 19.6. The lowest BCUT2D eigenvalue weighted by atomic mass is 9.98. The molecule has 174 valence electrons. The second-order valence-corrected chi connectivity index (χ2v) is 8.54. The van der Waals surface area contributed by atoms with Crippen LogP contribution in [0.2, 0.25) is 0 Å². The third-order valence-corrected chi connectivity index (χ3v) is 6.25. The summed E-state index contributed by atoms with van der Waals surface area (Å²) in [5, 5.41) is 14.2. The first-order valence-electron chi connectivity index (χ1n) is 10.7. The van der Waals surface area contributed by atoms with Crippen LogP contribution in [-0.4, -0.2) is 40.7 Å². The van der Waals surface area contributed by atoms with E-state index in [1.807, 2.05) is 48.5 Å². The van der Waals surface area contributed by atoms with E-state index in [0.29, 0.717) is 10.3 Å². The molecule has 1 atom stereocenters. The van der Waals surface area contributed by atoms with Gasteiger partial charge in [-0.1, -0.05) is 48.5 Å². The van der Waals surface area contributed by atoms with Gasteiger partial charge in [-0.25, -0.2) is 9.78 Å². The van der Waals surface area contributed by atoms with Crippen molar-refractivity contribution in [1.82, 2.24) is 10.3 Å². The minimum atomic E-state index is -1.10. The van der Waals surface area contributed by atoms with Crippen molar-refractivity contribution in [2.75, 3.05) is 11.9 Å². The number of carbonyl (C=O) groups excluding carboxylic acids is 2. The van der Waals surface area contributed by atoms with Gasteiger partial charge in [-0.15, -0.1) is 0 Å². The van der Waals surface area contributed by atoms with E-state index in [2.05, 4.69) is 31.5 Å². The number of aliphatic carboxylic acids is 1. The first kappa shape index (κ1) is 23.4. The van der Waals surface area contributed by atoms with Crippen LogP contribution in [0, 0.1) is 0 Å². The van der Waals surface area contributed by atoms with Crippen molar-refractivity contribution >= 4 is 39.6 Å². The molecule has 0 fully saturated rings. The average Bonchev–Trinajstić information content (AvgIpc) is 3.15. The third kappa shape index (κ3) is 5.26. The van der Waals surface area contributed by atoms with Crippen LogP contribution < -0.4 is 10.6 Å². The number of aromatic nitrogens is 1. The molecule has 1 heterocycles. The van der Waals surface area contributed by atoms with Crippen molar-refractivity contribution in [1.29, 1.82) is 0 Å². The molecule has 3 aromatic rings. The van der Waals surface area contributed by atoms with Crippen LogP contribution in [0.4, 0.5) is 10.5 Å². The largest absolute Gasteiger partial charge is 0.481 e. The van der Waals surface area contributed by atoms with Gasteiger partial charge in [0.25, 0.3) is 0 Å². The number of halogens is 1. The number of hydrogen-bond donors (Lipinski definition) is 3. The number of ether oxygens (including phenoxy) is 1. The van der Waals surface area contributed by atoms with Crippen LogP contribution in [-0.2, 0) is 14.3 Å². The van der Waals surface area contributed by atoms with Crippen LogP contribution in [0.15, 0.2) is 71.5 Å². The lowest BCUT2D eigenvalue weighted by molar-refractivity contribution is -0.137. The molecule has 34 heavy (non-hydrogen) atoms. The maximum absolute atomic E-state index is 12.8. The average molecular weight is 524 g/mol. The summed E-state index contributed by atoms with van der Waals surface area (Å²) in [5.74, 6) is -1.77. The van der Waals surface area contributed by atoms with E-state index in [9.17, 15) is 14.4 Å². The first-order chi connectivity index (χ1) is 16.4. The van der Waals surface area contributed by atoms with Gasteiger partial charge in [0, 0.05) is 18.5 Å². The molecule has 2 amide bonds. The van der Waals surface area contributed by atoms with Crippen molar-refractivity contribution in [3.63, 3.8) is 0 Å². The summed E-state index contributed by atoms with van der Waals surface area (Å²) in [4.78, 5) is 40.5. The second-order valence-electron chi connectivity index (χ2n) is 7.79. The molecule has 0 saturated carbocycles. The number of carboxylic acids is 1. The number of carboxylic acid groups (broad SMARTS) is 1. The summed E-state index contributed by atoms with van der Waals surface area (Å²) in [7, 11) is 0. The van der Waals surface area contributed by atoms with E-state index in [0.717, 1.165) is 22.3 Å². The highest BCUT2D eigenvalue weighted by molar-refractivity contribution is 9.10. The summed E-state index contributed by atoms with van der Waals surface area (Å²) in [6, 6.07) is 18.1. The molecule has 1 aliphatic carbocycles. The molecule has 1 aliphatic rings. The molecule has 2 aromatic carbocycles. The van der Waals surface area contributed by atoms with Crippen molar-refractivity contribution in [3.05, 3.63) is 82.6 Å². The Morgan fingerprint density at radius 2 is 1.65 bits per heavy atom. The maximum atomic E-state index is 12.8. The molecule has 0 radical (unpaired) electrons. The van der Waals surface area contributed by atoms with Gasteiger partial charge in [-0.2, -0.15) is 0 Å². The van der Waals surface area contributed by atoms with Gasteiger partial charge in [0.1, 0.15) is 17.3 Å². The summed E-state index contributed by atoms with van der Waals surface area (Å²) >= 11 is 3.24. The molecule has 0 bridgehead atoms. The van der Waals surface area contributed by atoms with Gasteiger partial charge in [0.05, 0.1) is 5.69 Å². The number of rotatable bonds is 8. The van der Waals surface area contributed by atoms with Gasteiger partial charge in [0.15, 0.2) is 0 Å². The van der Waals surface area contributed by atoms with E-state index in [1.165, 1.54) is 0 Å². The van der Waals surface area contributed by atoms with E-state index >= 15 is 0 Å². The molecular formula is C25H22BrN3O5. The number of fused-ring (bicyclic) bond motifs is 3. The molecule has 9 heteroatoms. The zero-order chi connectivity index (χ0) is 24.1. The SMILES string of the molecule is O=C(O)CCC(NC(=O)OCC1c2ccccc2-c2ccccc21)C(=O)Nc1cccnc1Br. The molecular weight excluding hydrogens is 502 g/mol. The molecule has 1 aromatic heterocycles. The van der Waals surface area contributed by atoms with E-state index < -0.39 is 24.0 Å². The van der Waals surface area contributed by atoms with E-state index in [-0.39, 0.29) is 25.4 Å². The molecule has 8 nitrogen and oxygen atoms in total. The molecule has 3 N–H and O–H groups in total. The minimum Gasteiger partial charge on any atom is -0.481 e. The number of amides is 2. The van der Waals surface area contributed by atoms with Crippen molar-refractivity contribution in [2.45, 2.75) is 24.8 Å². The van der Waals surface area contributed by atoms with E-state index in [4.69, 9.17) is 9.84 Å². The number of benzene rings is 2. The van der Waals surface area contributed by atoms with Crippen LogP contribution in [0.5, 0.6) is 0 Å². The Kier molecular flexibility index (Phi) is 7.22. The highest BCUT2D eigenvalue weighted by Gasteiger charge is 2.30. The van der Waals surface area contributed by atoms with Crippen molar-refractivity contribution in [2.24, 2.45) is 0 Å². The summed E-state index contributed by atoms with van der Waals surface area (Å²) in [6.45, 7) is 0.0846. The number of anilines is 1. The molecule has 0 aliphatic heterocycles. The quantitative estimate of drug-likeness (QED) is 0.372. The number of nitrogens with zero attached hydrogens (tertiary/aromatic N) is 1. The molecule has 1 unspecified atom stereocenters. The Morgan fingerprint density at radius 3 is 2.26 bits per heavy atom. The highest BCUT2D eigenvalue weighted by atomic mass is 79.9. The smallest absolute Gasteiger partial charge is 0.407 e. The monoisotopic (exact) mass is 523 g/mol. The van der Waals surface area contributed by atoms with Crippen LogP contribution >= 0.6 is 15.9 Å². The predicted molar refractivity (Wildman–Crippen MR) is 129 cm³/mol. The van der Waals surface area contributed by atoms with Gasteiger partial charge >= 0.3 is 12.1 Å². The number of alkyl carbamates (subject to hydrolysis) is 1. The lowest BCUT2D eigenvalue weighted by Crippen LogP contribution is -2.44. The summed E-state index contributed by atoms with van der Waals surface area (Å²) in [5.41, 5.74) is 4.75. The van der Waals surface area contributed by atoms with Crippen LogP contribution in [0.1, 0.15) is 29.9 Å². The number of pyridine rings is 1. The van der Waals surface area contributed by atoms with Gasteiger partial charge in [-0.3, -0.25) is 9.59 Å². The molecule has 4 rings (SSSR count). The minimum absolute atomic E-state index is 0.0846. The van der Waals surface area contributed by atoms with Crippen molar-refractivity contribution < 1.29 is 24.2 Å². The standard InChI is InChI=1S/C25H22BrN3O5/c26-23-20(10-5-13-27-23)28-24(32)21(11-12-22(30)31)29-25(33)34-14-19-17-8-3-1-6-15(17)16-7-2-4-9-18(16)19/h1-10,13,19,21H,11-12,14H2,(H,28,32)(H,29,33)(H,30,31). The Balaban J connectivity index is 1.43. The van der Waals surface area contributed by atoms with Crippen LogP contribution in [0.3, 0.4) is 0 Å². The van der Waals surface area contributed by atoms with Gasteiger partial charge in [-0.05, 0) is 56.7 Å². The normalized spacial score (nSPS) is 12.9. The second kappa shape index (κ2) is 10.5. The highest BCUT2D eigenvalue weighted by Crippen LogP contribution is 2.44. The maximum Gasteiger partial charge on any atom is 0.407 e. The van der Waals surface area contributed by atoms with Crippen molar-refractivity contribution in [3.8, 4) is 11.1 Å². The zero-order valence-electron chi connectivity index (χ0n) is 18.0. The fourth-order valence-corrected chi connectivity index (χ4v) is 4.37. The first-order valence-corrected chi connectivity index (χ1v) is 11.5. The summed E-state index contributed by atoms with van der Waals surface area (Å²) in [6.07, 6.45) is 0.369. The Labute approximate surface area is 204 Å². The third-order valence-electron chi connectivity index (χ3n) is 5.62. The molecule has 0 spiro atoms.